The van der Waals surface area contributed by atoms with Crippen LogP contribution in [0.15, 0.2) is 204 Å². The van der Waals surface area contributed by atoms with Crippen LogP contribution in [0.2, 0.25) is 0 Å². The van der Waals surface area contributed by atoms with Crippen LogP contribution in [-0.2, 0) is 0 Å². The molecule has 0 saturated heterocycles. The van der Waals surface area contributed by atoms with Gasteiger partial charge in [-0.05, 0) is 98.8 Å². The number of benzene rings is 9. The van der Waals surface area contributed by atoms with E-state index in [-0.39, 0.29) is 5.92 Å². The predicted octanol–water partition coefficient (Wildman–Crippen LogP) is 15.2. The topological polar surface area (TPSA) is 27.3 Å². The van der Waals surface area contributed by atoms with Crippen molar-refractivity contribution in [1.82, 2.24) is 4.57 Å². The molecule has 0 radical (unpaired) electrons. The van der Waals surface area contributed by atoms with Crippen LogP contribution in [0.5, 0.6) is 5.75 Å². The third-order valence-corrected chi connectivity index (χ3v) is 12.8. The van der Waals surface area contributed by atoms with Crippen LogP contribution in [-0.4, -0.2) is 4.57 Å². The number of allylic oxidation sites excluding steroid dienone is 4. The van der Waals surface area contributed by atoms with E-state index in [4.69, 9.17) is 9.15 Å². The smallest absolute Gasteiger partial charge is 0.135 e. The molecule has 59 heavy (non-hydrogen) atoms. The molecule has 0 N–H and O–H groups in total. The van der Waals surface area contributed by atoms with Gasteiger partial charge in [-0.15, -0.1) is 0 Å². The molecule has 276 valence electrons. The largest absolute Gasteiger partial charge is 0.461 e. The van der Waals surface area contributed by atoms with Crippen molar-refractivity contribution in [2.24, 2.45) is 0 Å². The van der Waals surface area contributed by atoms with Crippen molar-refractivity contribution in [2.45, 2.75) is 12.3 Å². The van der Waals surface area contributed by atoms with E-state index >= 15 is 0 Å². The Hall–Kier alpha value is -7.62. The van der Waals surface area contributed by atoms with E-state index in [1.807, 2.05) is 12.1 Å². The Kier molecular flexibility index (Phi) is 6.84. The van der Waals surface area contributed by atoms with Gasteiger partial charge in [0.25, 0.3) is 0 Å². The SMILES string of the molecule is C1=C(c2cccc3c4cccc(-c5ccc6oc7ccccc7c6c5)c4n(-c4ccc(-c5cc6ccccc6c6ccccc56)cc4)c23)CC2C(=C1)Oc1ccccc12. The lowest BCUT2D eigenvalue weighted by Crippen LogP contribution is -2.06. The average molecular weight is 754 g/mol. The van der Waals surface area contributed by atoms with Crippen molar-refractivity contribution in [3.05, 3.63) is 211 Å². The van der Waals surface area contributed by atoms with Crippen LogP contribution >= 0.6 is 0 Å². The van der Waals surface area contributed by atoms with Gasteiger partial charge in [-0.3, -0.25) is 0 Å². The molecule has 3 heterocycles. The summed E-state index contributed by atoms with van der Waals surface area (Å²) < 4.78 is 15.1. The van der Waals surface area contributed by atoms with E-state index in [9.17, 15) is 0 Å². The molecule has 1 aliphatic carbocycles. The van der Waals surface area contributed by atoms with E-state index in [0.717, 1.165) is 51.1 Å². The van der Waals surface area contributed by atoms with E-state index in [2.05, 4.69) is 187 Å². The number of nitrogens with zero attached hydrogens (tertiary/aromatic N) is 1. The van der Waals surface area contributed by atoms with E-state index in [1.165, 1.54) is 76.7 Å². The second kappa shape index (κ2) is 12.4. The maximum atomic E-state index is 6.34. The first-order valence-corrected chi connectivity index (χ1v) is 20.4. The minimum absolute atomic E-state index is 0.197. The predicted molar refractivity (Wildman–Crippen MR) is 244 cm³/mol. The number of para-hydroxylation sites is 4. The van der Waals surface area contributed by atoms with Gasteiger partial charge in [0.15, 0.2) is 0 Å². The van der Waals surface area contributed by atoms with Gasteiger partial charge in [0.1, 0.15) is 22.7 Å². The zero-order valence-electron chi connectivity index (χ0n) is 32.0. The molecule has 1 atom stereocenters. The molecule has 0 bridgehead atoms. The van der Waals surface area contributed by atoms with Crippen LogP contribution in [0.4, 0.5) is 0 Å². The quantitative estimate of drug-likeness (QED) is 0.167. The molecule has 1 unspecified atom stereocenters. The Morgan fingerprint density at radius 3 is 1.97 bits per heavy atom. The Morgan fingerprint density at radius 1 is 0.441 bits per heavy atom. The number of hydrogen-bond acceptors (Lipinski definition) is 2. The molecule has 2 aliphatic rings. The third-order valence-electron chi connectivity index (χ3n) is 12.8. The fourth-order valence-corrected chi connectivity index (χ4v) is 10.1. The maximum Gasteiger partial charge on any atom is 0.135 e. The van der Waals surface area contributed by atoms with Gasteiger partial charge in [0.2, 0.25) is 0 Å². The summed E-state index contributed by atoms with van der Waals surface area (Å²) in [6.45, 7) is 0. The van der Waals surface area contributed by atoms with Crippen molar-refractivity contribution in [1.29, 1.82) is 0 Å². The van der Waals surface area contributed by atoms with Gasteiger partial charge in [0, 0.05) is 49.8 Å². The van der Waals surface area contributed by atoms with Gasteiger partial charge in [-0.2, -0.15) is 0 Å². The molecule has 0 saturated carbocycles. The lowest BCUT2D eigenvalue weighted by atomic mass is 9.85. The first-order chi connectivity index (χ1) is 29.2. The van der Waals surface area contributed by atoms with Crippen LogP contribution in [0, 0.1) is 0 Å². The Labute approximate surface area is 340 Å². The Balaban J connectivity index is 1.05. The van der Waals surface area contributed by atoms with Gasteiger partial charge < -0.3 is 13.7 Å². The summed E-state index contributed by atoms with van der Waals surface area (Å²) in [6.07, 6.45) is 5.34. The number of aromatic nitrogens is 1. The first-order valence-electron chi connectivity index (χ1n) is 20.4. The second-order valence-corrected chi connectivity index (χ2v) is 15.9. The van der Waals surface area contributed by atoms with Crippen molar-refractivity contribution < 1.29 is 9.15 Å². The van der Waals surface area contributed by atoms with Crippen LogP contribution < -0.4 is 4.74 Å². The number of ether oxygens (including phenoxy) is 1. The molecule has 0 spiro atoms. The fourth-order valence-electron chi connectivity index (χ4n) is 10.1. The molecule has 3 nitrogen and oxygen atoms in total. The van der Waals surface area contributed by atoms with Gasteiger partial charge >= 0.3 is 0 Å². The van der Waals surface area contributed by atoms with Crippen LogP contribution in [0.25, 0.3) is 98.8 Å². The maximum absolute atomic E-state index is 6.34. The second-order valence-electron chi connectivity index (χ2n) is 15.9. The highest BCUT2D eigenvalue weighted by Gasteiger charge is 2.33. The summed E-state index contributed by atoms with van der Waals surface area (Å²) in [6, 6.07) is 66.1. The molecule has 13 rings (SSSR count). The van der Waals surface area contributed by atoms with Crippen molar-refractivity contribution in [3.63, 3.8) is 0 Å². The monoisotopic (exact) mass is 753 g/mol. The van der Waals surface area contributed by atoms with Crippen LogP contribution in [0.1, 0.15) is 23.5 Å². The number of fused-ring (bicyclic) bond motifs is 12. The third kappa shape index (κ3) is 4.82. The lowest BCUT2D eigenvalue weighted by molar-refractivity contribution is 0.426. The van der Waals surface area contributed by atoms with Gasteiger partial charge in [-0.1, -0.05) is 146 Å². The fraction of sp³-hybridized carbons (Fsp3) is 0.0357. The molecule has 2 aromatic heterocycles. The Bertz CT molecular complexity index is 3610. The van der Waals surface area contributed by atoms with E-state index < -0.39 is 0 Å². The first kappa shape index (κ1) is 32.5. The van der Waals surface area contributed by atoms with Crippen molar-refractivity contribution in [3.8, 4) is 33.7 Å². The summed E-state index contributed by atoms with van der Waals surface area (Å²) >= 11 is 0. The Morgan fingerprint density at radius 2 is 1.10 bits per heavy atom. The summed E-state index contributed by atoms with van der Waals surface area (Å²) in [5.41, 5.74) is 13.9. The standard InChI is InChI=1S/C56H35NO2/c1-2-12-39-35(11-1)31-48(43-14-4-3-13-42(39)43)34-23-27-38(28-24-34)57-55-40(36-25-29-53-49(32-36)44-15-5-7-21-51(44)58-53)17-9-19-46(55)47-20-10-18-41(56(47)57)37-26-30-54-50(33-37)45-16-6-8-22-52(45)59-54/h1-32,50H,33H2. The minimum atomic E-state index is 0.197. The normalized spacial score (nSPS) is 14.9. The molecule has 9 aromatic carbocycles. The number of hydrogen-bond donors (Lipinski definition) is 0. The highest BCUT2D eigenvalue weighted by molar-refractivity contribution is 6.17. The average Bonchev–Trinajstić information content (AvgIpc) is 3.98. The van der Waals surface area contributed by atoms with Crippen LogP contribution in [0.3, 0.4) is 0 Å². The highest BCUT2D eigenvalue weighted by atomic mass is 16.5. The van der Waals surface area contributed by atoms with Gasteiger partial charge in [-0.25, -0.2) is 0 Å². The molecule has 0 fully saturated rings. The van der Waals surface area contributed by atoms with E-state index in [1.54, 1.807) is 0 Å². The summed E-state index contributed by atoms with van der Waals surface area (Å²) in [5, 5.41) is 9.78. The summed E-state index contributed by atoms with van der Waals surface area (Å²) in [5.74, 6) is 2.20. The van der Waals surface area contributed by atoms with Crippen molar-refractivity contribution >= 4 is 70.9 Å². The van der Waals surface area contributed by atoms with Gasteiger partial charge in [0.05, 0.1) is 11.0 Å². The molecule has 3 heteroatoms. The molecular formula is C56H35NO2. The van der Waals surface area contributed by atoms with E-state index in [0.29, 0.717) is 0 Å². The molecule has 11 aromatic rings. The summed E-state index contributed by atoms with van der Waals surface area (Å²) in [4.78, 5) is 0. The molecular weight excluding hydrogens is 719 g/mol. The highest BCUT2D eigenvalue weighted by Crippen LogP contribution is 2.49. The number of rotatable bonds is 4. The zero-order chi connectivity index (χ0) is 38.6. The molecule has 0 amide bonds. The van der Waals surface area contributed by atoms with Crippen molar-refractivity contribution in [2.75, 3.05) is 0 Å². The lowest BCUT2D eigenvalue weighted by Gasteiger charge is -2.20. The summed E-state index contributed by atoms with van der Waals surface area (Å²) in [7, 11) is 0. The minimum Gasteiger partial charge on any atom is -0.461 e. The molecule has 1 aliphatic heterocycles. The zero-order valence-corrected chi connectivity index (χ0v) is 32.0. The number of furan rings is 1.